The third kappa shape index (κ3) is 3.79. The molecule has 0 bridgehead atoms. The lowest BCUT2D eigenvalue weighted by molar-refractivity contribution is 0.208. The first-order chi connectivity index (χ1) is 12.1. The summed E-state index contributed by atoms with van der Waals surface area (Å²) in [6.07, 6.45) is -0.529. The first-order valence-electron chi connectivity index (χ1n) is 7.67. The molecule has 6 heteroatoms. The fourth-order valence-corrected chi connectivity index (χ4v) is 2.70. The number of methoxy groups -OCH3 is 1. The van der Waals surface area contributed by atoms with Gasteiger partial charge >= 0.3 is 0 Å². The summed E-state index contributed by atoms with van der Waals surface area (Å²) in [7, 11) is 1.57. The molecule has 0 radical (unpaired) electrons. The minimum atomic E-state index is -1.02. The zero-order chi connectivity index (χ0) is 17.8. The highest BCUT2D eigenvalue weighted by molar-refractivity contribution is 6.30. The van der Waals surface area contributed by atoms with Crippen molar-refractivity contribution >= 4 is 11.6 Å². The first-order valence-corrected chi connectivity index (χ1v) is 8.05. The smallest absolute Gasteiger partial charge is 0.154 e. The molecule has 25 heavy (non-hydrogen) atoms. The molecule has 5 nitrogen and oxygen atoms in total. The summed E-state index contributed by atoms with van der Waals surface area (Å²) < 4.78 is 5.10. The molecule has 0 saturated heterocycles. The molecule has 2 unspecified atom stereocenters. The molecule has 2 N–H and O–H groups in total. The lowest BCUT2D eigenvalue weighted by Gasteiger charge is -2.15. The van der Waals surface area contributed by atoms with Crippen LogP contribution in [-0.2, 0) is 0 Å². The second-order valence-corrected chi connectivity index (χ2v) is 5.82. The van der Waals surface area contributed by atoms with Crippen molar-refractivity contribution in [2.24, 2.45) is 0 Å². The van der Waals surface area contributed by atoms with Gasteiger partial charge in [-0.25, -0.2) is 4.98 Å². The average Bonchev–Trinajstić information content (AvgIpc) is 2.67. The number of hydrogen-bond donors (Lipinski definition) is 2. The summed E-state index contributed by atoms with van der Waals surface area (Å²) in [5.74, 6) is 0.689. The van der Waals surface area contributed by atoms with E-state index < -0.39 is 12.2 Å². The van der Waals surface area contributed by atoms with Gasteiger partial charge in [-0.15, -0.1) is 0 Å². The van der Waals surface area contributed by atoms with Crippen LogP contribution in [0.2, 0.25) is 5.15 Å². The minimum absolute atomic E-state index is 0.0517. The van der Waals surface area contributed by atoms with Gasteiger partial charge in [-0.1, -0.05) is 54.1 Å². The Morgan fingerprint density at radius 1 is 0.920 bits per heavy atom. The fraction of sp³-hybridized carbons (Fsp3) is 0.158. The number of aromatic nitrogens is 2. The number of rotatable bonds is 5. The van der Waals surface area contributed by atoms with Gasteiger partial charge in [0.25, 0.3) is 0 Å². The number of aliphatic hydroxyl groups excluding tert-OH is 2. The summed E-state index contributed by atoms with van der Waals surface area (Å²) in [4.78, 5) is 8.41. The van der Waals surface area contributed by atoms with Crippen LogP contribution >= 0.6 is 11.6 Å². The van der Waals surface area contributed by atoms with E-state index in [2.05, 4.69) is 9.97 Å². The maximum absolute atomic E-state index is 10.5. The summed E-state index contributed by atoms with van der Waals surface area (Å²) >= 11 is 6.19. The first kappa shape index (κ1) is 17.4. The number of nitrogens with zero attached hydrogens (tertiary/aromatic N) is 2. The summed E-state index contributed by atoms with van der Waals surface area (Å²) in [6, 6.07) is 16.1. The van der Waals surface area contributed by atoms with Crippen LogP contribution < -0.4 is 4.74 Å². The van der Waals surface area contributed by atoms with Crippen molar-refractivity contribution in [2.75, 3.05) is 7.11 Å². The van der Waals surface area contributed by atoms with Crippen LogP contribution in [0.4, 0.5) is 0 Å². The molecular formula is C19H17ClN2O3. The van der Waals surface area contributed by atoms with E-state index in [9.17, 15) is 10.2 Å². The van der Waals surface area contributed by atoms with E-state index in [4.69, 9.17) is 16.3 Å². The number of hydrogen-bond acceptors (Lipinski definition) is 5. The highest BCUT2D eigenvalue weighted by atomic mass is 35.5. The monoisotopic (exact) mass is 356 g/mol. The highest BCUT2D eigenvalue weighted by Crippen LogP contribution is 2.28. The quantitative estimate of drug-likeness (QED) is 0.733. The Morgan fingerprint density at radius 2 is 1.56 bits per heavy atom. The van der Waals surface area contributed by atoms with Crippen molar-refractivity contribution in [3.63, 3.8) is 0 Å². The van der Waals surface area contributed by atoms with Gasteiger partial charge in [0.2, 0.25) is 0 Å². The maximum Gasteiger partial charge on any atom is 0.154 e. The van der Waals surface area contributed by atoms with Gasteiger partial charge in [-0.2, -0.15) is 0 Å². The Balaban J connectivity index is 1.86. The number of ether oxygens (including phenoxy) is 1. The predicted molar refractivity (Wildman–Crippen MR) is 94.6 cm³/mol. The molecule has 0 spiro atoms. The van der Waals surface area contributed by atoms with Gasteiger partial charge in [0.1, 0.15) is 23.7 Å². The maximum atomic E-state index is 10.5. The Hall–Kier alpha value is -2.47. The van der Waals surface area contributed by atoms with Gasteiger partial charge in [-0.05, 0) is 23.3 Å². The molecule has 0 saturated carbocycles. The molecule has 3 rings (SSSR count). The van der Waals surface area contributed by atoms with Crippen LogP contribution in [0.25, 0.3) is 0 Å². The topological polar surface area (TPSA) is 75.5 Å². The fourth-order valence-electron chi connectivity index (χ4n) is 2.45. The third-order valence-corrected chi connectivity index (χ3v) is 4.14. The zero-order valence-electron chi connectivity index (χ0n) is 13.5. The second-order valence-electron chi connectivity index (χ2n) is 5.46. The van der Waals surface area contributed by atoms with Crippen LogP contribution in [-0.4, -0.2) is 27.3 Å². The van der Waals surface area contributed by atoms with Crippen molar-refractivity contribution in [2.45, 2.75) is 12.2 Å². The largest absolute Gasteiger partial charge is 0.497 e. The standard InChI is InChI=1S/C19H17ClN2O3/c1-25-14-9-7-13(8-10-14)18(24)16-19(20)22-15(11-21-16)17(23)12-5-3-2-4-6-12/h2-11,17-18,23-24H,1H3. The molecule has 2 atom stereocenters. The number of aliphatic hydroxyl groups is 2. The normalized spacial score (nSPS) is 13.3. The molecule has 0 aliphatic heterocycles. The van der Waals surface area contributed by atoms with E-state index in [1.54, 1.807) is 43.5 Å². The Bertz CT molecular complexity index is 841. The Kier molecular flexibility index (Phi) is 5.28. The molecule has 128 valence electrons. The molecule has 0 amide bonds. The van der Waals surface area contributed by atoms with Crippen LogP contribution in [0.15, 0.2) is 60.8 Å². The van der Waals surface area contributed by atoms with Crippen LogP contribution in [0, 0.1) is 0 Å². The molecule has 0 aliphatic rings. The van der Waals surface area contributed by atoms with Gasteiger partial charge in [0.15, 0.2) is 5.15 Å². The van der Waals surface area contributed by atoms with E-state index in [1.165, 1.54) is 6.20 Å². The Labute approximate surface area is 150 Å². The molecule has 3 aromatic rings. The SMILES string of the molecule is COc1ccc(C(O)c2ncc(C(O)c3ccccc3)nc2Cl)cc1. The molecule has 1 aromatic heterocycles. The van der Waals surface area contributed by atoms with E-state index in [0.29, 0.717) is 22.6 Å². The van der Waals surface area contributed by atoms with Crippen molar-refractivity contribution in [1.82, 2.24) is 9.97 Å². The summed E-state index contributed by atoms with van der Waals surface area (Å²) in [5, 5.41) is 20.9. The van der Waals surface area contributed by atoms with Gasteiger partial charge in [0, 0.05) is 0 Å². The number of halogens is 1. The van der Waals surface area contributed by atoms with E-state index in [1.807, 2.05) is 18.2 Å². The van der Waals surface area contributed by atoms with E-state index in [0.717, 1.165) is 0 Å². The third-order valence-electron chi connectivity index (χ3n) is 3.86. The van der Waals surface area contributed by atoms with Crippen LogP contribution in [0.1, 0.15) is 34.7 Å². The number of benzene rings is 2. The van der Waals surface area contributed by atoms with E-state index >= 15 is 0 Å². The molecular weight excluding hydrogens is 340 g/mol. The summed E-state index contributed by atoms with van der Waals surface area (Å²) in [5.41, 5.74) is 1.86. The summed E-state index contributed by atoms with van der Waals surface area (Å²) in [6.45, 7) is 0. The average molecular weight is 357 g/mol. The molecule has 0 aliphatic carbocycles. The van der Waals surface area contributed by atoms with Crippen molar-refractivity contribution < 1.29 is 14.9 Å². The highest BCUT2D eigenvalue weighted by Gasteiger charge is 2.20. The van der Waals surface area contributed by atoms with Crippen LogP contribution in [0.5, 0.6) is 5.75 Å². The van der Waals surface area contributed by atoms with Gasteiger partial charge in [0.05, 0.1) is 19.0 Å². The minimum Gasteiger partial charge on any atom is -0.497 e. The van der Waals surface area contributed by atoms with E-state index in [-0.39, 0.29) is 10.8 Å². The molecule has 1 heterocycles. The van der Waals surface area contributed by atoms with Gasteiger partial charge < -0.3 is 14.9 Å². The van der Waals surface area contributed by atoms with Gasteiger partial charge in [-0.3, -0.25) is 4.98 Å². The molecule has 0 fully saturated rings. The predicted octanol–water partition coefficient (Wildman–Crippen LogP) is 3.30. The van der Waals surface area contributed by atoms with Crippen molar-refractivity contribution in [1.29, 1.82) is 0 Å². The van der Waals surface area contributed by atoms with Crippen LogP contribution in [0.3, 0.4) is 0 Å². The van der Waals surface area contributed by atoms with Crippen molar-refractivity contribution in [3.05, 3.63) is 88.5 Å². The zero-order valence-corrected chi connectivity index (χ0v) is 14.3. The van der Waals surface area contributed by atoms with Crippen molar-refractivity contribution in [3.8, 4) is 5.75 Å². The second kappa shape index (κ2) is 7.61. The molecule has 2 aromatic carbocycles. The lowest BCUT2D eigenvalue weighted by Crippen LogP contribution is -2.09. The lowest BCUT2D eigenvalue weighted by atomic mass is 10.1. The Morgan fingerprint density at radius 3 is 2.16 bits per heavy atom.